The minimum absolute atomic E-state index is 0.105. The molecule has 1 aromatic rings. The second-order valence-corrected chi connectivity index (χ2v) is 5.60. The largest absolute Gasteiger partial charge is 0.526 e. The Bertz CT molecular complexity index is 462. The predicted molar refractivity (Wildman–Crippen MR) is 73.6 cm³/mol. The van der Waals surface area contributed by atoms with E-state index < -0.39 is 14.2 Å². The van der Waals surface area contributed by atoms with Gasteiger partial charge in [0.1, 0.15) is 11.4 Å². The Morgan fingerprint density at radius 2 is 1.68 bits per heavy atom. The summed E-state index contributed by atoms with van der Waals surface area (Å²) in [6.07, 6.45) is 1.69. The van der Waals surface area contributed by atoms with Crippen LogP contribution in [-0.2, 0) is 9.31 Å². The van der Waals surface area contributed by atoms with Gasteiger partial charge in [0.25, 0.3) is 0 Å². The molecule has 1 aliphatic rings. The molecule has 2 N–H and O–H groups in total. The van der Waals surface area contributed by atoms with Crippen molar-refractivity contribution in [1.82, 2.24) is 0 Å². The first-order chi connectivity index (χ1) is 8.71. The molecule has 0 aromatic carbocycles. The molecule has 0 aliphatic carbocycles. The third kappa shape index (κ3) is 2.95. The maximum atomic E-state index is 8.94. The highest BCUT2D eigenvalue weighted by Gasteiger charge is 2.50. The van der Waals surface area contributed by atoms with E-state index in [1.54, 1.807) is 18.1 Å². The minimum Gasteiger partial charge on any atom is -0.465 e. The van der Waals surface area contributed by atoms with Crippen LogP contribution in [0.2, 0.25) is 0 Å². The van der Waals surface area contributed by atoms with Gasteiger partial charge in [-0.3, -0.25) is 0 Å². The smallest absolute Gasteiger partial charge is 0.465 e. The van der Waals surface area contributed by atoms with Crippen molar-refractivity contribution in [1.29, 1.82) is 0 Å². The molecule has 1 saturated heterocycles. The van der Waals surface area contributed by atoms with Crippen LogP contribution in [-0.4, -0.2) is 35.5 Å². The van der Waals surface area contributed by atoms with Gasteiger partial charge in [0.2, 0.25) is 0 Å². The summed E-state index contributed by atoms with van der Waals surface area (Å²) in [6, 6.07) is 3.16. The molecular formula is C12H18B2O5. The molecular weight excluding hydrogens is 246 g/mol. The second kappa shape index (κ2) is 4.83. The molecule has 19 heavy (non-hydrogen) atoms. The Morgan fingerprint density at radius 3 is 2.16 bits per heavy atom. The van der Waals surface area contributed by atoms with Crippen LogP contribution >= 0.6 is 0 Å². The second-order valence-electron chi connectivity index (χ2n) is 5.60. The third-order valence-electron chi connectivity index (χ3n) is 3.59. The topological polar surface area (TPSA) is 72.1 Å². The fourth-order valence-electron chi connectivity index (χ4n) is 1.74. The van der Waals surface area contributed by atoms with E-state index in [9.17, 15) is 0 Å². The van der Waals surface area contributed by atoms with Gasteiger partial charge in [-0.15, -0.1) is 0 Å². The van der Waals surface area contributed by atoms with Gasteiger partial charge in [-0.2, -0.15) is 0 Å². The first-order valence-electron chi connectivity index (χ1n) is 6.21. The molecule has 102 valence electrons. The summed E-state index contributed by atoms with van der Waals surface area (Å²) in [7, 11) is -2.04. The molecule has 0 atom stereocenters. The molecule has 1 fully saturated rings. The highest BCUT2D eigenvalue weighted by molar-refractivity contribution is 6.57. The molecule has 1 aliphatic heterocycles. The Labute approximate surface area is 113 Å². The molecule has 0 spiro atoms. The first-order valence-corrected chi connectivity index (χ1v) is 6.21. The van der Waals surface area contributed by atoms with Crippen molar-refractivity contribution in [3.8, 4) is 0 Å². The van der Waals surface area contributed by atoms with Gasteiger partial charge in [-0.25, -0.2) is 0 Å². The summed E-state index contributed by atoms with van der Waals surface area (Å²) in [4.78, 5) is 0. The molecule has 2 heterocycles. The number of furan rings is 1. The maximum absolute atomic E-state index is 8.94. The van der Waals surface area contributed by atoms with E-state index in [0.717, 1.165) is 0 Å². The van der Waals surface area contributed by atoms with Crippen LogP contribution in [0.5, 0.6) is 0 Å². The lowest BCUT2D eigenvalue weighted by Gasteiger charge is -2.32. The molecule has 0 amide bonds. The van der Waals surface area contributed by atoms with Crippen molar-refractivity contribution >= 4 is 26.0 Å². The predicted octanol–water partition coefficient (Wildman–Crippen LogP) is 0.604. The van der Waals surface area contributed by atoms with Gasteiger partial charge < -0.3 is 23.8 Å². The summed E-state index contributed by atoms with van der Waals surface area (Å²) in [6.45, 7) is 7.92. The molecule has 0 radical (unpaired) electrons. The lowest BCUT2D eigenvalue weighted by atomic mass is 9.88. The molecule has 1 aromatic heterocycles. The van der Waals surface area contributed by atoms with E-state index in [-0.39, 0.29) is 16.9 Å². The summed E-state index contributed by atoms with van der Waals surface area (Å²) < 4.78 is 16.8. The average molecular weight is 264 g/mol. The van der Waals surface area contributed by atoms with Gasteiger partial charge in [-0.1, -0.05) is 5.98 Å². The highest BCUT2D eigenvalue weighted by Crippen LogP contribution is 2.36. The van der Waals surface area contributed by atoms with E-state index in [1.807, 2.05) is 27.7 Å². The molecule has 2 rings (SSSR count). The monoisotopic (exact) mass is 264 g/mol. The molecule has 5 nitrogen and oxygen atoms in total. The van der Waals surface area contributed by atoms with Crippen LogP contribution in [0, 0.1) is 0 Å². The van der Waals surface area contributed by atoms with Crippen LogP contribution in [0.4, 0.5) is 0 Å². The van der Waals surface area contributed by atoms with Crippen molar-refractivity contribution < 1.29 is 23.8 Å². The highest BCUT2D eigenvalue weighted by atomic mass is 16.7. The quantitative estimate of drug-likeness (QED) is 0.782. The first kappa shape index (κ1) is 14.4. The number of hydrogen-bond donors (Lipinski definition) is 2. The fourth-order valence-corrected chi connectivity index (χ4v) is 1.74. The Kier molecular flexibility index (Phi) is 3.66. The average Bonchev–Trinajstić information content (AvgIpc) is 2.79. The van der Waals surface area contributed by atoms with Gasteiger partial charge in [0.05, 0.1) is 11.2 Å². The van der Waals surface area contributed by atoms with E-state index in [0.29, 0.717) is 5.76 Å². The van der Waals surface area contributed by atoms with Crippen LogP contribution < -0.4 is 5.66 Å². The standard InChI is InChI=1S/C12H18B2O5/c1-11(2)12(3,4)19-13(18-11)8-7-9-5-6-10(17-9)14(15)16/h5-8,15-16H,1-4H3/b8-7+. The summed E-state index contributed by atoms with van der Waals surface area (Å²) in [5.74, 6) is 2.25. The summed E-state index contributed by atoms with van der Waals surface area (Å²) in [5, 5.41) is 17.9. The summed E-state index contributed by atoms with van der Waals surface area (Å²) >= 11 is 0. The minimum atomic E-state index is -1.60. The third-order valence-corrected chi connectivity index (χ3v) is 3.59. The zero-order valence-electron chi connectivity index (χ0n) is 11.6. The fraction of sp³-hybridized carbons (Fsp3) is 0.500. The summed E-state index contributed by atoms with van der Waals surface area (Å²) in [5.41, 5.74) is -0.650. The van der Waals surface area contributed by atoms with E-state index in [2.05, 4.69) is 0 Å². The molecule has 0 saturated carbocycles. The Hall–Kier alpha value is -1.01. The lowest BCUT2D eigenvalue weighted by molar-refractivity contribution is 0.00578. The van der Waals surface area contributed by atoms with Crippen molar-refractivity contribution in [3.05, 3.63) is 23.9 Å². The van der Waals surface area contributed by atoms with E-state index >= 15 is 0 Å². The van der Waals surface area contributed by atoms with Crippen LogP contribution in [0.15, 0.2) is 22.5 Å². The van der Waals surface area contributed by atoms with Gasteiger partial charge in [-0.05, 0) is 45.9 Å². The number of hydrogen-bond acceptors (Lipinski definition) is 5. The SMILES string of the molecule is CC1(C)OB(/C=C/c2ccc(B(O)O)o2)OC1(C)C. The van der Waals surface area contributed by atoms with Gasteiger partial charge in [0, 0.05) is 0 Å². The Morgan fingerprint density at radius 1 is 1.11 bits per heavy atom. The normalized spacial score (nSPS) is 21.3. The van der Waals surface area contributed by atoms with Crippen molar-refractivity contribution in [2.24, 2.45) is 0 Å². The Balaban J connectivity index is 2.04. The van der Waals surface area contributed by atoms with Gasteiger partial charge in [0.15, 0.2) is 0 Å². The van der Waals surface area contributed by atoms with Crippen molar-refractivity contribution in [2.45, 2.75) is 38.9 Å². The van der Waals surface area contributed by atoms with E-state index in [4.69, 9.17) is 23.8 Å². The van der Waals surface area contributed by atoms with Crippen LogP contribution in [0.25, 0.3) is 6.08 Å². The number of rotatable bonds is 3. The van der Waals surface area contributed by atoms with Crippen LogP contribution in [0.3, 0.4) is 0 Å². The molecule has 0 bridgehead atoms. The zero-order valence-corrected chi connectivity index (χ0v) is 11.6. The molecule has 7 heteroatoms. The van der Waals surface area contributed by atoms with Gasteiger partial charge >= 0.3 is 14.2 Å². The zero-order chi connectivity index (χ0) is 14.3. The van der Waals surface area contributed by atoms with Crippen LogP contribution in [0.1, 0.15) is 33.5 Å². The maximum Gasteiger partial charge on any atom is 0.526 e. The van der Waals surface area contributed by atoms with Crippen molar-refractivity contribution in [3.63, 3.8) is 0 Å². The van der Waals surface area contributed by atoms with E-state index in [1.165, 1.54) is 6.07 Å². The lowest BCUT2D eigenvalue weighted by Crippen LogP contribution is -2.41. The molecule has 0 unspecified atom stereocenters. The van der Waals surface area contributed by atoms with Crippen molar-refractivity contribution in [2.75, 3.05) is 0 Å².